The molecule has 0 aliphatic heterocycles. The topological polar surface area (TPSA) is 93.5 Å². The molecule has 3 aromatic carbocycles. The number of rotatable bonds is 8. The largest absolute Gasteiger partial charge is 0.494 e. The van der Waals surface area contributed by atoms with E-state index in [2.05, 4.69) is 10.6 Å². The van der Waals surface area contributed by atoms with E-state index < -0.39 is 11.0 Å². The van der Waals surface area contributed by atoms with Gasteiger partial charge in [0.05, 0.1) is 35.9 Å². The summed E-state index contributed by atoms with van der Waals surface area (Å²) in [6.07, 6.45) is 0. The van der Waals surface area contributed by atoms with Crippen molar-refractivity contribution in [2.24, 2.45) is 0 Å². The van der Waals surface area contributed by atoms with Crippen LogP contribution in [0.4, 0.5) is 11.4 Å². The number of benzene rings is 3. The number of hydrogen-bond donors (Lipinski definition) is 2. The van der Waals surface area contributed by atoms with Gasteiger partial charge in [-0.3, -0.25) is 20.2 Å². The predicted molar refractivity (Wildman–Crippen MR) is 120 cm³/mol. The zero-order valence-electron chi connectivity index (χ0n) is 17.7. The Morgan fingerprint density at radius 3 is 2.26 bits per heavy atom. The summed E-state index contributed by atoms with van der Waals surface area (Å²) >= 11 is 0. The number of carbonyl (C=O) groups is 1. The molecule has 2 atom stereocenters. The molecule has 0 saturated heterocycles. The summed E-state index contributed by atoms with van der Waals surface area (Å²) in [4.78, 5) is 23.4. The van der Waals surface area contributed by atoms with E-state index in [1.165, 1.54) is 25.3 Å². The summed E-state index contributed by atoms with van der Waals surface area (Å²) in [5.74, 6) is -0.0481. The first-order valence-corrected chi connectivity index (χ1v) is 9.90. The standard InChI is InChI=1S/C24H25N3O4/c1-16-9-11-19(12-10-16)23(18-7-5-4-6-8-18)25-17(2)24(28)26-21-14-13-20(27(29)30)15-22(21)31-3/h4-15,17,23,25H,1-3H3,(H,26,28)/t17-,23+/m1/s1. The summed E-state index contributed by atoms with van der Waals surface area (Å²) in [6, 6.07) is 21.4. The van der Waals surface area contributed by atoms with Gasteiger partial charge in [0, 0.05) is 6.07 Å². The van der Waals surface area contributed by atoms with Gasteiger partial charge >= 0.3 is 0 Å². The van der Waals surface area contributed by atoms with Crippen LogP contribution in [0.5, 0.6) is 5.75 Å². The normalized spacial score (nSPS) is 12.6. The molecule has 7 nitrogen and oxygen atoms in total. The van der Waals surface area contributed by atoms with Crippen LogP contribution in [0, 0.1) is 17.0 Å². The van der Waals surface area contributed by atoms with Crippen molar-refractivity contribution >= 4 is 17.3 Å². The lowest BCUT2D eigenvalue weighted by Crippen LogP contribution is -2.40. The summed E-state index contributed by atoms with van der Waals surface area (Å²) in [5.41, 5.74) is 3.51. The van der Waals surface area contributed by atoms with E-state index in [-0.39, 0.29) is 23.4 Å². The minimum Gasteiger partial charge on any atom is -0.494 e. The molecule has 2 N–H and O–H groups in total. The minimum atomic E-state index is -0.550. The number of nitrogens with one attached hydrogen (secondary N) is 2. The van der Waals surface area contributed by atoms with Crippen LogP contribution in [0.2, 0.25) is 0 Å². The molecule has 0 heterocycles. The Hall–Kier alpha value is -3.71. The lowest BCUT2D eigenvalue weighted by Gasteiger charge is -2.24. The van der Waals surface area contributed by atoms with Gasteiger partial charge in [0.1, 0.15) is 5.75 Å². The number of methoxy groups -OCH3 is 1. The molecule has 3 aromatic rings. The van der Waals surface area contributed by atoms with E-state index in [1.807, 2.05) is 61.5 Å². The number of ether oxygens (including phenoxy) is 1. The third-order valence-corrected chi connectivity index (χ3v) is 5.01. The molecule has 0 aliphatic rings. The maximum atomic E-state index is 12.9. The van der Waals surface area contributed by atoms with Gasteiger partial charge in [-0.15, -0.1) is 0 Å². The Kier molecular flexibility index (Phi) is 6.99. The summed E-state index contributed by atoms with van der Waals surface area (Å²) < 4.78 is 5.21. The van der Waals surface area contributed by atoms with Crippen LogP contribution in [0.1, 0.15) is 29.7 Å². The number of non-ortho nitro benzene ring substituents is 1. The van der Waals surface area contributed by atoms with Crippen molar-refractivity contribution in [2.45, 2.75) is 25.9 Å². The number of hydrogen-bond acceptors (Lipinski definition) is 5. The van der Waals surface area contributed by atoms with Crippen LogP contribution in [0.15, 0.2) is 72.8 Å². The molecule has 0 radical (unpaired) electrons. The first kappa shape index (κ1) is 22.0. The molecule has 1 amide bonds. The Morgan fingerprint density at radius 1 is 1.00 bits per heavy atom. The number of aryl methyl sites for hydroxylation is 1. The fraction of sp³-hybridized carbons (Fsp3) is 0.208. The van der Waals surface area contributed by atoms with E-state index in [0.29, 0.717) is 5.69 Å². The molecular weight excluding hydrogens is 394 g/mol. The fourth-order valence-corrected chi connectivity index (χ4v) is 3.25. The smallest absolute Gasteiger partial charge is 0.273 e. The van der Waals surface area contributed by atoms with Crippen LogP contribution in [-0.2, 0) is 4.79 Å². The predicted octanol–water partition coefficient (Wildman–Crippen LogP) is 4.62. The maximum Gasteiger partial charge on any atom is 0.273 e. The van der Waals surface area contributed by atoms with Gasteiger partial charge in [0.2, 0.25) is 5.91 Å². The summed E-state index contributed by atoms with van der Waals surface area (Å²) in [6.45, 7) is 3.81. The highest BCUT2D eigenvalue weighted by Gasteiger charge is 2.22. The zero-order chi connectivity index (χ0) is 22.4. The molecule has 0 aromatic heterocycles. The lowest BCUT2D eigenvalue weighted by atomic mass is 9.97. The van der Waals surface area contributed by atoms with Crippen LogP contribution in [0.3, 0.4) is 0 Å². The maximum absolute atomic E-state index is 12.9. The average molecular weight is 419 g/mol. The van der Waals surface area contributed by atoms with E-state index in [9.17, 15) is 14.9 Å². The van der Waals surface area contributed by atoms with Crippen molar-refractivity contribution in [3.05, 3.63) is 99.6 Å². The number of anilines is 1. The van der Waals surface area contributed by atoms with Crippen molar-refractivity contribution in [3.8, 4) is 5.75 Å². The minimum absolute atomic E-state index is 0.107. The Morgan fingerprint density at radius 2 is 1.65 bits per heavy atom. The second kappa shape index (κ2) is 9.86. The van der Waals surface area contributed by atoms with E-state index in [4.69, 9.17) is 4.74 Å². The molecule has 0 bridgehead atoms. The SMILES string of the molecule is COc1cc([N+](=O)[O-])ccc1NC(=O)[C@@H](C)N[C@@H](c1ccccc1)c1ccc(C)cc1. The van der Waals surface area contributed by atoms with Gasteiger partial charge in [-0.05, 0) is 31.0 Å². The second-order valence-corrected chi connectivity index (χ2v) is 7.27. The molecule has 3 rings (SSSR count). The molecule has 0 spiro atoms. The van der Waals surface area contributed by atoms with Crippen molar-refractivity contribution < 1.29 is 14.5 Å². The average Bonchev–Trinajstić information content (AvgIpc) is 2.78. The molecular formula is C24H25N3O4. The summed E-state index contributed by atoms with van der Waals surface area (Å²) in [5, 5.41) is 17.2. The number of carbonyl (C=O) groups excluding carboxylic acids is 1. The molecule has 31 heavy (non-hydrogen) atoms. The van der Waals surface area contributed by atoms with Gasteiger partial charge in [-0.2, -0.15) is 0 Å². The molecule has 7 heteroatoms. The third-order valence-electron chi connectivity index (χ3n) is 5.01. The monoisotopic (exact) mass is 419 g/mol. The third kappa shape index (κ3) is 5.46. The van der Waals surface area contributed by atoms with Gasteiger partial charge in [-0.25, -0.2) is 0 Å². The van der Waals surface area contributed by atoms with E-state index in [1.54, 1.807) is 6.92 Å². The van der Waals surface area contributed by atoms with Gasteiger partial charge < -0.3 is 10.1 Å². The van der Waals surface area contributed by atoms with Crippen molar-refractivity contribution in [3.63, 3.8) is 0 Å². The molecule has 160 valence electrons. The van der Waals surface area contributed by atoms with E-state index >= 15 is 0 Å². The highest BCUT2D eigenvalue weighted by molar-refractivity contribution is 5.96. The Bertz CT molecular complexity index is 1050. The van der Waals surface area contributed by atoms with Crippen molar-refractivity contribution in [2.75, 3.05) is 12.4 Å². The van der Waals surface area contributed by atoms with Gasteiger partial charge in [-0.1, -0.05) is 60.2 Å². The molecule has 0 aliphatic carbocycles. The van der Waals surface area contributed by atoms with Crippen LogP contribution in [-0.4, -0.2) is 24.0 Å². The highest BCUT2D eigenvalue weighted by atomic mass is 16.6. The zero-order valence-corrected chi connectivity index (χ0v) is 17.7. The van der Waals surface area contributed by atoms with Crippen LogP contribution in [0.25, 0.3) is 0 Å². The highest BCUT2D eigenvalue weighted by Crippen LogP contribution is 2.29. The molecule has 0 fully saturated rings. The van der Waals surface area contributed by atoms with Crippen LogP contribution >= 0.6 is 0 Å². The van der Waals surface area contributed by atoms with Crippen LogP contribution < -0.4 is 15.4 Å². The van der Waals surface area contributed by atoms with Crippen molar-refractivity contribution in [1.82, 2.24) is 5.32 Å². The number of nitrogens with zero attached hydrogens (tertiary/aromatic N) is 1. The lowest BCUT2D eigenvalue weighted by molar-refractivity contribution is -0.384. The first-order chi connectivity index (χ1) is 14.9. The second-order valence-electron chi connectivity index (χ2n) is 7.27. The van der Waals surface area contributed by atoms with Gasteiger partial charge in [0.15, 0.2) is 0 Å². The quantitative estimate of drug-likeness (QED) is 0.411. The molecule has 0 unspecified atom stereocenters. The number of nitro benzene ring substituents is 1. The first-order valence-electron chi connectivity index (χ1n) is 9.90. The van der Waals surface area contributed by atoms with Gasteiger partial charge in [0.25, 0.3) is 5.69 Å². The fourth-order valence-electron chi connectivity index (χ4n) is 3.25. The number of amides is 1. The molecule has 0 saturated carbocycles. The Labute approximate surface area is 181 Å². The van der Waals surface area contributed by atoms with Crippen molar-refractivity contribution in [1.29, 1.82) is 0 Å². The number of nitro groups is 1. The van der Waals surface area contributed by atoms with E-state index in [0.717, 1.165) is 16.7 Å². The summed E-state index contributed by atoms with van der Waals surface area (Å²) in [7, 11) is 1.40. The Balaban J connectivity index is 1.80.